The number of fused-ring (bicyclic) bond motifs is 1. The average Bonchev–Trinajstić information content (AvgIpc) is 2.91. The smallest absolute Gasteiger partial charge is 0.410 e. The van der Waals surface area contributed by atoms with Crippen molar-refractivity contribution in [2.45, 2.75) is 77.6 Å². The normalized spacial score (nSPS) is 22.5. The molecule has 0 N–H and O–H groups in total. The molecule has 2 aromatic carbocycles. The zero-order valence-corrected chi connectivity index (χ0v) is 23.7. The summed E-state index contributed by atoms with van der Waals surface area (Å²) < 4.78 is 17.5. The van der Waals surface area contributed by atoms with Gasteiger partial charge in [0.25, 0.3) is 0 Å². The van der Waals surface area contributed by atoms with Crippen LogP contribution in [0.3, 0.4) is 0 Å². The van der Waals surface area contributed by atoms with E-state index in [9.17, 15) is 4.79 Å². The van der Waals surface area contributed by atoms with Crippen LogP contribution in [-0.2, 0) is 15.9 Å². The molecule has 1 amide bonds. The van der Waals surface area contributed by atoms with Crippen molar-refractivity contribution in [3.05, 3.63) is 65.2 Å². The number of hydrogen-bond acceptors (Lipinski definition) is 5. The van der Waals surface area contributed by atoms with Crippen LogP contribution in [0.5, 0.6) is 5.75 Å². The van der Waals surface area contributed by atoms with Crippen molar-refractivity contribution in [3.8, 4) is 5.75 Å². The Bertz CT molecular complexity index is 1210. The lowest BCUT2D eigenvalue weighted by Gasteiger charge is -2.54. The van der Waals surface area contributed by atoms with Gasteiger partial charge in [-0.25, -0.2) is 4.79 Å². The third-order valence-electron chi connectivity index (χ3n) is 8.61. The van der Waals surface area contributed by atoms with Gasteiger partial charge in [0.2, 0.25) is 0 Å². The summed E-state index contributed by atoms with van der Waals surface area (Å²) in [5.74, 6) is 0.917. The molecule has 3 fully saturated rings. The van der Waals surface area contributed by atoms with Gasteiger partial charge in [0, 0.05) is 43.7 Å². The fourth-order valence-corrected chi connectivity index (χ4v) is 6.45. The Morgan fingerprint density at radius 3 is 2.49 bits per heavy atom. The molecule has 0 saturated carbocycles. The predicted molar refractivity (Wildman–Crippen MR) is 154 cm³/mol. The Morgan fingerprint density at radius 2 is 1.79 bits per heavy atom. The highest BCUT2D eigenvalue weighted by atomic mass is 16.7. The van der Waals surface area contributed by atoms with Crippen LogP contribution in [0.4, 0.5) is 10.5 Å². The highest BCUT2D eigenvalue weighted by Crippen LogP contribution is 2.42. The van der Waals surface area contributed by atoms with Crippen LogP contribution in [0.15, 0.2) is 48.5 Å². The summed E-state index contributed by atoms with van der Waals surface area (Å²) in [6.45, 7) is 10.3. The number of amides is 1. The number of ether oxygens (including phenoxy) is 3. The van der Waals surface area contributed by atoms with Gasteiger partial charge in [-0.1, -0.05) is 24.3 Å². The first-order chi connectivity index (χ1) is 18.8. The molecule has 4 aliphatic rings. The second kappa shape index (κ2) is 10.5. The summed E-state index contributed by atoms with van der Waals surface area (Å²) in [6.07, 6.45) is 9.67. The third-order valence-corrected chi connectivity index (χ3v) is 8.61. The van der Waals surface area contributed by atoms with E-state index in [1.54, 1.807) is 0 Å². The number of carbonyl (C=O) groups is 1. The standard InChI is InChI=1S/C33H42N2O4/c1-32(2,3)39-31(36)35-22-33(23-35)16-18-34(19-17-33)26-12-10-24(11-13-26)28-8-6-7-25-21-27(14-15-29(25)28)38-30-9-4-5-20-37-30/h8,10-15,21,30H,4-7,9,16-20,22-23H2,1-3H3. The molecule has 2 aromatic rings. The molecule has 1 atom stereocenters. The molecule has 208 valence electrons. The minimum Gasteiger partial charge on any atom is -0.465 e. The van der Waals surface area contributed by atoms with E-state index in [-0.39, 0.29) is 17.8 Å². The molecule has 0 bridgehead atoms. The summed E-state index contributed by atoms with van der Waals surface area (Å²) in [6, 6.07) is 15.6. The highest BCUT2D eigenvalue weighted by molar-refractivity contribution is 5.83. The lowest BCUT2D eigenvalue weighted by molar-refractivity contribution is -0.105. The average molecular weight is 531 g/mol. The summed E-state index contributed by atoms with van der Waals surface area (Å²) in [7, 11) is 0. The maximum absolute atomic E-state index is 12.4. The Kier molecular flexibility index (Phi) is 7.09. The number of hydrogen-bond donors (Lipinski definition) is 0. The molecule has 6 heteroatoms. The molecular weight excluding hydrogens is 488 g/mol. The number of anilines is 1. The number of piperidine rings is 1. The molecule has 1 aliphatic carbocycles. The lowest BCUT2D eigenvalue weighted by atomic mass is 9.72. The number of carbonyl (C=O) groups excluding carboxylic acids is 1. The molecule has 1 spiro atoms. The molecule has 1 unspecified atom stereocenters. The fraction of sp³-hybridized carbons (Fsp3) is 0.545. The second-order valence-corrected chi connectivity index (χ2v) is 12.8. The number of allylic oxidation sites excluding steroid dienone is 1. The van der Waals surface area contributed by atoms with Crippen molar-refractivity contribution in [3.63, 3.8) is 0 Å². The van der Waals surface area contributed by atoms with Crippen molar-refractivity contribution in [1.29, 1.82) is 0 Å². The van der Waals surface area contributed by atoms with E-state index in [1.807, 2.05) is 25.7 Å². The van der Waals surface area contributed by atoms with Gasteiger partial charge in [-0.15, -0.1) is 0 Å². The third kappa shape index (κ3) is 5.81. The van der Waals surface area contributed by atoms with Gasteiger partial charge in [-0.05, 0) is 106 Å². The summed E-state index contributed by atoms with van der Waals surface area (Å²) in [5, 5.41) is 0. The summed E-state index contributed by atoms with van der Waals surface area (Å²) >= 11 is 0. The van der Waals surface area contributed by atoms with E-state index in [4.69, 9.17) is 14.2 Å². The van der Waals surface area contributed by atoms with Crippen molar-refractivity contribution in [2.75, 3.05) is 37.7 Å². The van der Waals surface area contributed by atoms with Crippen molar-refractivity contribution >= 4 is 17.4 Å². The van der Waals surface area contributed by atoms with E-state index in [0.717, 1.165) is 77.1 Å². The largest absolute Gasteiger partial charge is 0.465 e. The van der Waals surface area contributed by atoms with Crippen LogP contribution in [0.25, 0.3) is 5.57 Å². The van der Waals surface area contributed by atoms with Gasteiger partial charge in [0.15, 0.2) is 6.29 Å². The van der Waals surface area contributed by atoms with Gasteiger partial charge < -0.3 is 24.0 Å². The number of benzene rings is 2. The minimum absolute atomic E-state index is 0.110. The first kappa shape index (κ1) is 26.2. The number of likely N-dealkylation sites (tertiary alicyclic amines) is 1. The van der Waals surface area contributed by atoms with E-state index in [2.05, 4.69) is 53.4 Å². The number of nitrogens with zero attached hydrogens (tertiary/aromatic N) is 2. The predicted octanol–water partition coefficient (Wildman–Crippen LogP) is 6.81. The van der Waals surface area contributed by atoms with Crippen LogP contribution in [0, 0.1) is 5.41 Å². The molecule has 3 aliphatic heterocycles. The van der Waals surface area contributed by atoms with Crippen molar-refractivity contribution in [2.24, 2.45) is 5.41 Å². The van der Waals surface area contributed by atoms with Crippen LogP contribution in [0.2, 0.25) is 0 Å². The van der Waals surface area contributed by atoms with Gasteiger partial charge in [0.05, 0.1) is 6.61 Å². The summed E-state index contributed by atoms with van der Waals surface area (Å²) in [4.78, 5) is 16.7. The van der Waals surface area contributed by atoms with E-state index in [1.165, 1.54) is 34.4 Å². The van der Waals surface area contributed by atoms with Crippen LogP contribution < -0.4 is 9.64 Å². The second-order valence-electron chi connectivity index (χ2n) is 12.8. The van der Waals surface area contributed by atoms with Gasteiger partial charge in [-0.3, -0.25) is 0 Å². The maximum Gasteiger partial charge on any atom is 0.410 e. The van der Waals surface area contributed by atoms with E-state index in [0.29, 0.717) is 0 Å². The fourth-order valence-electron chi connectivity index (χ4n) is 6.45. The van der Waals surface area contributed by atoms with Crippen LogP contribution in [0.1, 0.15) is 76.0 Å². The van der Waals surface area contributed by atoms with Gasteiger partial charge in [0.1, 0.15) is 11.4 Å². The van der Waals surface area contributed by atoms with Gasteiger partial charge in [-0.2, -0.15) is 0 Å². The Labute approximate surface area is 232 Å². The van der Waals surface area contributed by atoms with Crippen molar-refractivity contribution < 1.29 is 19.0 Å². The number of aryl methyl sites for hydroxylation is 1. The Hall–Kier alpha value is -2.99. The Morgan fingerprint density at radius 1 is 1.03 bits per heavy atom. The first-order valence-corrected chi connectivity index (χ1v) is 14.7. The minimum atomic E-state index is -0.438. The quantitative estimate of drug-likeness (QED) is 0.435. The maximum atomic E-state index is 12.4. The number of rotatable bonds is 4. The molecule has 39 heavy (non-hydrogen) atoms. The Balaban J connectivity index is 1.06. The van der Waals surface area contributed by atoms with Crippen LogP contribution in [-0.4, -0.2) is 55.7 Å². The molecule has 3 saturated heterocycles. The lowest BCUT2D eigenvalue weighted by Crippen LogP contribution is -2.62. The first-order valence-electron chi connectivity index (χ1n) is 14.7. The molecule has 6 nitrogen and oxygen atoms in total. The van der Waals surface area contributed by atoms with E-state index < -0.39 is 5.60 Å². The zero-order chi connectivity index (χ0) is 27.0. The zero-order valence-electron chi connectivity index (χ0n) is 23.7. The van der Waals surface area contributed by atoms with Crippen LogP contribution >= 0.6 is 0 Å². The van der Waals surface area contributed by atoms with E-state index >= 15 is 0 Å². The molecule has 0 radical (unpaired) electrons. The molecular formula is C33H42N2O4. The monoisotopic (exact) mass is 530 g/mol. The highest BCUT2D eigenvalue weighted by Gasteiger charge is 2.47. The molecule has 0 aromatic heterocycles. The van der Waals surface area contributed by atoms with Gasteiger partial charge >= 0.3 is 6.09 Å². The molecule has 6 rings (SSSR count). The topological polar surface area (TPSA) is 51.2 Å². The molecule has 3 heterocycles. The summed E-state index contributed by atoms with van der Waals surface area (Å²) in [5.41, 5.74) is 6.35. The van der Waals surface area contributed by atoms with Crippen molar-refractivity contribution in [1.82, 2.24) is 4.90 Å². The SMILES string of the molecule is CC(C)(C)OC(=O)N1CC2(CCN(c3ccc(C4=CCCc5cc(OC6CCCCO6)ccc54)cc3)CC2)C1.